The van der Waals surface area contributed by atoms with Gasteiger partial charge in [0.05, 0.1) is 23.9 Å². The summed E-state index contributed by atoms with van der Waals surface area (Å²) in [6, 6.07) is 13.7. The molecule has 0 atom stereocenters. The van der Waals surface area contributed by atoms with Crippen molar-refractivity contribution in [2.45, 2.75) is 20.4 Å². The lowest BCUT2D eigenvalue weighted by molar-refractivity contribution is -0.137. The lowest BCUT2D eigenvalue weighted by Crippen LogP contribution is -2.33. The highest BCUT2D eigenvalue weighted by Gasteiger charge is 2.24. The minimum Gasteiger partial charge on any atom is -0.497 e. The quantitative estimate of drug-likeness (QED) is 0.573. The van der Waals surface area contributed by atoms with E-state index in [4.69, 9.17) is 14.8 Å². The van der Waals surface area contributed by atoms with Crippen molar-refractivity contribution in [3.8, 4) is 17.1 Å². The van der Waals surface area contributed by atoms with Gasteiger partial charge in [-0.25, -0.2) is 9.99 Å². The number of amides is 1. The Morgan fingerprint density at radius 1 is 1.22 bits per heavy atom. The van der Waals surface area contributed by atoms with Crippen LogP contribution in [-0.2, 0) is 11.3 Å². The number of aliphatic carboxylic acids is 1. The molecule has 8 nitrogen and oxygen atoms in total. The fraction of sp³-hybridized carbons (Fsp3) is 0.304. The summed E-state index contributed by atoms with van der Waals surface area (Å²) in [7, 11) is 1.64. The first-order valence-corrected chi connectivity index (χ1v) is 11.2. The number of hydrogen-bond acceptors (Lipinski definition) is 6. The number of ether oxygens (including phenoxy) is 1. The third-order valence-electron chi connectivity index (χ3n) is 5.03. The number of hydrogen-bond donors (Lipinski definition) is 1. The van der Waals surface area contributed by atoms with Crippen molar-refractivity contribution in [3.05, 3.63) is 48.0 Å². The average molecular weight is 453 g/mol. The molecular weight excluding hydrogens is 428 g/mol. The lowest BCUT2D eigenvalue weighted by atomic mass is 10.1. The smallest absolute Gasteiger partial charge is 0.325 e. The van der Waals surface area contributed by atoms with E-state index < -0.39 is 12.5 Å². The van der Waals surface area contributed by atoms with E-state index in [0.29, 0.717) is 17.4 Å². The Hall–Kier alpha value is -3.33. The zero-order valence-corrected chi connectivity index (χ0v) is 18.9. The zero-order valence-electron chi connectivity index (χ0n) is 18.1. The first-order chi connectivity index (χ1) is 15.4. The van der Waals surface area contributed by atoms with E-state index in [2.05, 4.69) is 23.5 Å². The molecule has 0 spiro atoms. The van der Waals surface area contributed by atoms with E-state index in [1.54, 1.807) is 7.11 Å². The van der Waals surface area contributed by atoms with Gasteiger partial charge in [0.2, 0.25) is 0 Å². The molecule has 3 aromatic rings. The fourth-order valence-electron chi connectivity index (χ4n) is 3.63. The minimum absolute atomic E-state index is 0.362. The Morgan fingerprint density at radius 2 is 2.03 bits per heavy atom. The van der Waals surface area contributed by atoms with Crippen molar-refractivity contribution in [2.75, 3.05) is 19.4 Å². The molecule has 1 amide bonds. The van der Waals surface area contributed by atoms with Gasteiger partial charge in [0.25, 0.3) is 0 Å². The number of hydrazone groups is 1. The van der Waals surface area contributed by atoms with Crippen LogP contribution in [0.5, 0.6) is 5.75 Å². The fourth-order valence-corrected chi connectivity index (χ4v) is 4.37. The number of nitrogens with zero attached hydrogens (tertiary/aromatic N) is 4. The molecule has 1 N–H and O–H groups in total. The van der Waals surface area contributed by atoms with E-state index in [1.807, 2.05) is 42.5 Å². The topological polar surface area (TPSA) is 97.0 Å². The number of rotatable bonds is 7. The number of methoxy groups -OCH3 is 1. The highest BCUT2D eigenvalue weighted by atomic mass is 32.2. The van der Waals surface area contributed by atoms with Crippen molar-refractivity contribution in [2.24, 2.45) is 11.0 Å². The van der Waals surface area contributed by atoms with Gasteiger partial charge in [-0.05, 0) is 30.2 Å². The van der Waals surface area contributed by atoms with Gasteiger partial charge >= 0.3 is 11.2 Å². The van der Waals surface area contributed by atoms with Gasteiger partial charge in [-0.2, -0.15) is 5.10 Å². The highest BCUT2D eigenvalue weighted by molar-refractivity contribution is 8.14. The number of fused-ring (bicyclic) bond motifs is 1. The van der Waals surface area contributed by atoms with Crippen molar-refractivity contribution in [3.63, 3.8) is 0 Å². The number of carbonyl (C=O) groups excluding carboxylic acids is 1. The molecule has 166 valence electrons. The molecule has 0 saturated heterocycles. The van der Waals surface area contributed by atoms with Gasteiger partial charge in [-0.15, -0.1) is 0 Å². The monoisotopic (exact) mass is 452 g/mol. The Kier molecular flexibility index (Phi) is 6.18. The maximum atomic E-state index is 12.0. The van der Waals surface area contributed by atoms with Crippen LogP contribution in [0, 0.1) is 5.92 Å². The maximum absolute atomic E-state index is 12.0. The third kappa shape index (κ3) is 4.47. The number of benzene rings is 2. The van der Waals surface area contributed by atoms with E-state index in [-0.39, 0.29) is 5.24 Å². The van der Waals surface area contributed by atoms with Crippen LogP contribution in [0.1, 0.15) is 19.4 Å². The number of carbonyl (C=O) groups is 2. The second-order valence-electron chi connectivity index (χ2n) is 7.93. The van der Waals surface area contributed by atoms with Gasteiger partial charge in [0.15, 0.2) is 0 Å². The van der Waals surface area contributed by atoms with E-state index in [0.717, 1.165) is 57.0 Å². The molecule has 0 saturated carbocycles. The van der Waals surface area contributed by atoms with Crippen LogP contribution in [0.3, 0.4) is 0 Å². The number of aromatic nitrogens is 2. The van der Waals surface area contributed by atoms with Gasteiger partial charge in [0, 0.05) is 23.4 Å². The molecule has 32 heavy (non-hydrogen) atoms. The molecule has 0 fully saturated rings. The predicted molar refractivity (Wildman–Crippen MR) is 125 cm³/mol. The summed E-state index contributed by atoms with van der Waals surface area (Å²) in [6.07, 6.45) is 0. The van der Waals surface area contributed by atoms with E-state index in [9.17, 15) is 9.59 Å². The Labute approximate surface area is 189 Å². The molecule has 4 rings (SSSR count). The number of imidazole rings is 1. The van der Waals surface area contributed by atoms with Crippen LogP contribution in [0.2, 0.25) is 0 Å². The standard InChI is InChI=1S/C23H24N4O4S/c1-14(2)11-26-20-8-7-15(19-13-32-23(30)27(25-19)12-21(28)29)10-18(20)24-22(26)16-5-4-6-17(9-16)31-3/h4-10,14H,11-13H2,1-3H3,(H,28,29). The Balaban J connectivity index is 1.79. The molecule has 0 radical (unpaired) electrons. The summed E-state index contributed by atoms with van der Waals surface area (Å²) < 4.78 is 7.59. The summed E-state index contributed by atoms with van der Waals surface area (Å²) >= 11 is 1.05. The first-order valence-electron chi connectivity index (χ1n) is 10.2. The summed E-state index contributed by atoms with van der Waals surface area (Å²) in [6.45, 7) is 4.68. The van der Waals surface area contributed by atoms with Crippen LogP contribution in [0.4, 0.5) is 4.79 Å². The average Bonchev–Trinajstić information content (AvgIpc) is 3.12. The third-order valence-corrected chi connectivity index (χ3v) is 5.90. The maximum Gasteiger partial charge on any atom is 0.325 e. The van der Waals surface area contributed by atoms with Crippen LogP contribution in [-0.4, -0.2) is 56.0 Å². The van der Waals surface area contributed by atoms with Crippen LogP contribution in [0.25, 0.3) is 22.4 Å². The number of carboxylic acids is 1. The van der Waals surface area contributed by atoms with Gasteiger partial charge in [-0.3, -0.25) is 9.59 Å². The number of carboxylic acid groups (broad SMARTS) is 1. The predicted octanol–water partition coefficient (Wildman–Crippen LogP) is 4.33. The van der Waals surface area contributed by atoms with Gasteiger partial charge < -0.3 is 14.4 Å². The largest absolute Gasteiger partial charge is 0.497 e. The van der Waals surface area contributed by atoms with Gasteiger partial charge in [0.1, 0.15) is 18.1 Å². The van der Waals surface area contributed by atoms with Crippen LogP contribution >= 0.6 is 11.8 Å². The molecule has 2 heterocycles. The van der Waals surface area contributed by atoms with Crippen molar-refractivity contribution in [1.29, 1.82) is 0 Å². The second-order valence-corrected chi connectivity index (χ2v) is 8.85. The van der Waals surface area contributed by atoms with E-state index in [1.165, 1.54) is 0 Å². The summed E-state index contributed by atoms with van der Waals surface area (Å²) in [5.41, 5.74) is 4.25. The van der Waals surface area contributed by atoms with Crippen molar-refractivity contribution < 1.29 is 19.4 Å². The highest BCUT2D eigenvalue weighted by Crippen LogP contribution is 2.30. The number of thioether (sulfide) groups is 1. The summed E-state index contributed by atoms with van der Waals surface area (Å²) in [4.78, 5) is 27.9. The molecule has 1 aromatic heterocycles. The van der Waals surface area contributed by atoms with Crippen molar-refractivity contribution in [1.82, 2.24) is 14.6 Å². The van der Waals surface area contributed by atoms with Gasteiger partial charge in [-0.1, -0.05) is 43.8 Å². The van der Waals surface area contributed by atoms with Crippen LogP contribution in [0.15, 0.2) is 47.6 Å². The van der Waals surface area contributed by atoms with Crippen LogP contribution < -0.4 is 4.74 Å². The summed E-state index contributed by atoms with van der Waals surface area (Å²) in [5, 5.41) is 14.0. The molecule has 0 aliphatic carbocycles. The summed E-state index contributed by atoms with van der Waals surface area (Å²) in [5.74, 6) is 1.33. The SMILES string of the molecule is COc1cccc(-c2nc3cc(C4=NN(CC(=O)O)C(=O)SC4)ccc3n2CC(C)C)c1. The molecule has 0 unspecified atom stereocenters. The Bertz CT molecular complexity index is 1220. The molecule has 2 aromatic carbocycles. The molecule has 0 bridgehead atoms. The molecule has 1 aliphatic heterocycles. The van der Waals surface area contributed by atoms with Crippen molar-refractivity contribution >= 4 is 39.7 Å². The molecule has 9 heteroatoms. The Morgan fingerprint density at radius 3 is 2.75 bits per heavy atom. The minimum atomic E-state index is -1.10. The van der Waals surface area contributed by atoms with E-state index >= 15 is 0 Å². The lowest BCUT2D eigenvalue weighted by Gasteiger charge is -2.21. The second kappa shape index (κ2) is 9.04. The first kappa shape index (κ1) is 21.9. The molecular formula is C23H24N4O4S. The molecule has 1 aliphatic rings. The zero-order chi connectivity index (χ0) is 22.8. The normalized spacial score (nSPS) is 14.2.